The van der Waals surface area contributed by atoms with Crippen LogP contribution in [0.5, 0.6) is 11.5 Å². The Labute approximate surface area is 164 Å². The van der Waals surface area contributed by atoms with Crippen LogP contribution in [0.2, 0.25) is 0 Å². The lowest BCUT2D eigenvalue weighted by Crippen LogP contribution is -2.43. The zero-order valence-corrected chi connectivity index (χ0v) is 16.7. The summed E-state index contributed by atoms with van der Waals surface area (Å²) in [6.07, 6.45) is 1.25. The van der Waals surface area contributed by atoms with E-state index in [1.807, 2.05) is 12.1 Å². The number of benzene rings is 2. The fourth-order valence-electron chi connectivity index (χ4n) is 3.18. The first-order valence-corrected chi connectivity index (χ1v) is 10.5. The van der Waals surface area contributed by atoms with Gasteiger partial charge in [0.2, 0.25) is 10.0 Å². The molecule has 0 N–H and O–H groups in total. The van der Waals surface area contributed by atoms with Gasteiger partial charge in [-0.1, -0.05) is 0 Å². The highest BCUT2D eigenvalue weighted by molar-refractivity contribution is 7.89. The lowest BCUT2D eigenvalue weighted by molar-refractivity contribution is 0.00799. The number of sulfonamides is 1. The first-order chi connectivity index (χ1) is 13.4. The molecular formula is C20H24FNO5S. The fraction of sp³-hybridized carbons (Fsp3) is 0.400. The molecule has 0 amide bonds. The Hall–Kier alpha value is -2.16. The molecule has 1 aliphatic rings. The molecule has 152 valence electrons. The van der Waals surface area contributed by atoms with E-state index in [4.69, 9.17) is 14.2 Å². The summed E-state index contributed by atoms with van der Waals surface area (Å²) in [4.78, 5) is 0.0899. The topological polar surface area (TPSA) is 65.1 Å². The number of ether oxygens (including phenoxy) is 3. The molecule has 8 heteroatoms. The molecule has 1 fully saturated rings. The van der Waals surface area contributed by atoms with E-state index in [2.05, 4.69) is 0 Å². The predicted molar refractivity (Wildman–Crippen MR) is 103 cm³/mol. The van der Waals surface area contributed by atoms with Crippen LogP contribution in [-0.2, 0) is 21.4 Å². The van der Waals surface area contributed by atoms with Crippen LogP contribution in [-0.4, -0.2) is 46.1 Å². The molecule has 0 aromatic heterocycles. The average Bonchev–Trinajstić information content (AvgIpc) is 2.72. The zero-order valence-electron chi connectivity index (χ0n) is 15.9. The van der Waals surface area contributed by atoms with E-state index in [0.717, 1.165) is 24.1 Å². The number of nitrogens with zero attached hydrogens (tertiary/aromatic N) is 1. The maximum atomic E-state index is 13.1. The van der Waals surface area contributed by atoms with E-state index in [-0.39, 0.29) is 17.5 Å². The molecule has 0 aliphatic carbocycles. The smallest absolute Gasteiger partial charge is 0.243 e. The van der Waals surface area contributed by atoms with Crippen molar-refractivity contribution in [3.05, 3.63) is 53.8 Å². The van der Waals surface area contributed by atoms with Crippen LogP contribution in [0.25, 0.3) is 0 Å². The van der Waals surface area contributed by atoms with Gasteiger partial charge in [-0.15, -0.1) is 0 Å². The van der Waals surface area contributed by atoms with Crippen LogP contribution < -0.4 is 9.47 Å². The van der Waals surface area contributed by atoms with Gasteiger partial charge in [0, 0.05) is 19.2 Å². The van der Waals surface area contributed by atoms with E-state index >= 15 is 0 Å². The summed E-state index contributed by atoms with van der Waals surface area (Å²) in [5.41, 5.74) is 0.884. The van der Waals surface area contributed by atoms with Crippen molar-refractivity contribution in [3.8, 4) is 11.5 Å². The Morgan fingerprint density at radius 2 is 1.71 bits per heavy atom. The normalized spacial score (nSPS) is 18.0. The minimum absolute atomic E-state index is 0.0899. The van der Waals surface area contributed by atoms with E-state index < -0.39 is 15.8 Å². The van der Waals surface area contributed by atoms with Gasteiger partial charge in [-0.3, -0.25) is 0 Å². The third-order valence-electron chi connectivity index (χ3n) is 4.69. The summed E-state index contributed by atoms with van der Waals surface area (Å²) < 4.78 is 56.6. The van der Waals surface area contributed by atoms with Gasteiger partial charge in [0.05, 0.1) is 31.8 Å². The van der Waals surface area contributed by atoms with Crippen LogP contribution in [0.3, 0.4) is 0 Å². The minimum atomic E-state index is -3.67. The van der Waals surface area contributed by atoms with Crippen molar-refractivity contribution in [2.45, 2.75) is 30.4 Å². The van der Waals surface area contributed by atoms with Gasteiger partial charge in [-0.2, -0.15) is 4.31 Å². The second kappa shape index (κ2) is 8.89. The van der Waals surface area contributed by atoms with Crippen molar-refractivity contribution in [2.75, 3.05) is 27.3 Å². The van der Waals surface area contributed by atoms with Crippen LogP contribution in [0.1, 0.15) is 18.4 Å². The Balaban J connectivity index is 1.66. The quantitative estimate of drug-likeness (QED) is 0.703. The molecule has 0 radical (unpaired) electrons. The highest BCUT2D eigenvalue weighted by atomic mass is 32.2. The van der Waals surface area contributed by atoms with Crippen molar-refractivity contribution >= 4 is 10.0 Å². The van der Waals surface area contributed by atoms with Gasteiger partial charge >= 0.3 is 0 Å². The standard InChI is InChI=1S/C20H24FNO5S/c1-25-18-10-15(11-19(12-18)26-2)14-27-17-4-3-9-22(13-17)28(23,24)20-7-5-16(21)6-8-20/h5-8,10-12,17H,3-4,9,13-14H2,1-2H3. The monoisotopic (exact) mass is 409 g/mol. The number of rotatable bonds is 7. The zero-order chi connectivity index (χ0) is 20.1. The number of piperidine rings is 1. The van der Waals surface area contributed by atoms with E-state index in [0.29, 0.717) is 31.1 Å². The summed E-state index contributed by atoms with van der Waals surface area (Å²) >= 11 is 0. The molecule has 0 saturated carbocycles. The van der Waals surface area contributed by atoms with Crippen LogP contribution in [0, 0.1) is 5.82 Å². The van der Waals surface area contributed by atoms with Gasteiger partial charge < -0.3 is 14.2 Å². The molecule has 1 heterocycles. The molecule has 1 atom stereocenters. The number of hydrogen-bond donors (Lipinski definition) is 0. The van der Waals surface area contributed by atoms with Gasteiger partial charge in [-0.25, -0.2) is 12.8 Å². The SMILES string of the molecule is COc1cc(COC2CCCN(S(=O)(=O)c3ccc(F)cc3)C2)cc(OC)c1. The minimum Gasteiger partial charge on any atom is -0.497 e. The first kappa shape index (κ1) is 20.6. The molecule has 2 aromatic carbocycles. The maximum absolute atomic E-state index is 13.1. The third-order valence-corrected chi connectivity index (χ3v) is 6.57. The first-order valence-electron chi connectivity index (χ1n) is 9.01. The Morgan fingerprint density at radius 3 is 2.32 bits per heavy atom. The molecule has 28 heavy (non-hydrogen) atoms. The van der Waals surface area contributed by atoms with Crippen LogP contribution >= 0.6 is 0 Å². The van der Waals surface area contributed by atoms with E-state index in [1.54, 1.807) is 20.3 Å². The molecule has 1 aliphatic heterocycles. The number of halogens is 1. The molecule has 1 unspecified atom stereocenters. The highest BCUT2D eigenvalue weighted by Gasteiger charge is 2.30. The lowest BCUT2D eigenvalue weighted by atomic mass is 10.1. The number of methoxy groups -OCH3 is 2. The fourth-order valence-corrected chi connectivity index (χ4v) is 4.69. The van der Waals surface area contributed by atoms with E-state index in [9.17, 15) is 12.8 Å². The molecular weight excluding hydrogens is 385 g/mol. The van der Waals surface area contributed by atoms with Crippen molar-refractivity contribution in [1.29, 1.82) is 0 Å². The summed E-state index contributed by atoms with van der Waals surface area (Å²) in [6.45, 7) is 1.01. The van der Waals surface area contributed by atoms with Crippen molar-refractivity contribution in [1.82, 2.24) is 4.31 Å². The Morgan fingerprint density at radius 1 is 1.07 bits per heavy atom. The Kier molecular flexibility index (Phi) is 6.53. The summed E-state index contributed by atoms with van der Waals surface area (Å²) in [6, 6.07) is 10.4. The second-order valence-electron chi connectivity index (χ2n) is 6.61. The van der Waals surface area contributed by atoms with Crippen LogP contribution in [0.15, 0.2) is 47.4 Å². The van der Waals surface area contributed by atoms with Gasteiger partial charge in [0.15, 0.2) is 0 Å². The Bertz CT molecular complexity index is 879. The second-order valence-corrected chi connectivity index (χ2v) is 8.55. The summed E-state index contributed by atoms with van der Waals surface area (Å²) in [7, 11) is -0.505. The maximum Gasteiger partial charge on any atom is 0.243 e. The molecule has 1 saturated heterocycles. The van der Waals surface area contributed by atoms with Crippen molar-refractivity contribution in [2.24, 2.45) is 0 Å². The van der Waals surface area contributed by atoms with Gasteiger partial charge in [0.1, 0.15) is 17.3 Å². The average molecular weight is 409 g/mol. The summed E-state index contributed by atoms with van der Waals surface area (Å²) in [5.74, 6) is 0.872. The van der Waals surface area contributed by atoms with Gasteiger partial charge in [0.25, 0.3) is 0 Å². The molecule has 0 bridgehead atoms. The molecule has 2 aromatic rings. The van der Waals surface area contributed by atoms with Crippen LogP contribution in [0.4, 0.5) is 4.39 Å². The van der Waals surface area contributed by atoms with Crippen molar-refractivity contribution < 1.29 is 27.0 Å². The third kappa shape index (κ3) is 4.81. The molecule has 6 nitrogen and oxygen atoms in total. The van der Waals surface area contributed by atoms with Crippen molar-refractivity contribution in [3.63, 3.8) is 0 Å². The molecule has 3 rings (SSSR count). The number of hydrogen-bond acceptors (Lipinski definition) is 5. The largest absolute Gasteiger partial charge is 0.497 e. The van der Waals surface area contributed by atoms with E-state index in [1.165, 1.54) is 16.4 Å². The lowest BCUT2D eigenvalue weighted by Gasteiger charge is -2.32. The predicted octanol–water partition coefficient (Wildman–Crippen LogP) is 3.21. The highest BCUT2D eigenvalue weighted by Crippen LogP contribution is 2.25. The molecule has 0 spiro atoms. The van der Waals surface area contributed by atoms with Gasteiger partial charge in [-0.05, 0) is 54.8 Å². The summed E-state index contributed by atoms with van der Waals surface area (Å²) in [5, 5.41) is 0.